The van der Waals surface area contributed by atoms with Crippen molar-refractivity contribution in [1.82, 2.24) is 14.9 Å². The lowest BCUT2D eigenvalue weighted by molar-refractivity contribution is -0.132. The molecule has 0 bridgehead atoms. The molecular weight excluding hydrogens is 259 g/mol. The van der Waals surface area contributed by atoms with Crippen LogP contribution in [0.1, 0.15) is 16.8 Å². The van der Waals surface area contributed by atoms with Crippen LogP contribution >= 0.6 is 0 Å². The number of hydrogen-bond acceptors (Lipinski definition) is 2. The first-order valence-electron chi connectivity index (χ1n) is 5.62. The zero-order valence-corrected chi connectivity index (χ0v) is 10.2. The number of carbonyl (C=O) groups excluding carboxylic acids is 1. The number of nitrogens with zero attached hydrogens (tertiary/aromatic N) is 2. The number of amides is 1. The molecule has 7 heteroatoms. The maximum atomic E-state index is 12.0. The van der Waals surface area contributed by atoms with Crippen LogP contribution in [0.3, 0.4) is 0 Å². The third-order valence-corrected chi connectivity index (χ3v) is 2.73. The Morgan fingerprint density at radius 1 is 1.47 bits per heavy atom. The number of aryl methyl sites for hydroxylation is 1. The van der Waals surface area contributed by atoms with Crippen LogP contribution in [0.2, 0.25) is 0 Å². The molecule has 2 heterocycles. The van der Waals surface area contributed by atoms with Gasteiger partial charge in [-0.2, -0.15) is 13.2 Å². The first-order valence-corrected chi connectivity index (χ1v) is 5.62. The molecule has 1 N–H and O–H groups in total. The fourth-order valence-corrected chi connectivity index (χ4v) is 1.83. The van der Waals surface area contributed by atoms with Crippen LogP contribution in [0.25, 0.3) is 10.9 Å². The first kappa shape index (κ1) is 13.4. The number of nitrogens with one attached hydrogen (secondary N) is 1. The Morgan fingerprint density at radius 3 is 2.89 bits per heavy atom. The SMILES string of the molecule is Cn1cc(C(=O)NCCC(F)(F)F)c2cnccc21. The van der Waals surface area contributed by atoms with Gasteiger partial charge in [0.2, 0.25) is 0 Å². The lowest BCUT2D eigenvalue weighted by atomic mass is 10.2. The summed E-state index contributed by atoms with van der Waals surface area (Å²) in [5, 5.41) is 2.88. The molecule has 0 radical (unpaired) electrons. The van der Waals surface area contributed by atoms with Gasteiger partial charge >= 0.3 is 6.18 Å². The molecule has 4 nitrogen and oxygen atoms in total. The summed E-state index contributed by atoms with van der Waals surface area (Å²) in [7, 11) is 1.76. The van der Waals surface area contributed by atoms with E-state index in [9.17, 15) is 18.0 Å². The minimum absolute atomic E-state index is 0.327. The summed E-state index contributed by atoms with van der Waals surface area (Å²) < 4.78 is 37.7. The van der Waals surface area contributed by atoms with E-state index in [0.29, 0.717) is 10.9 Å². The van der Waals surface area contributed by atoms with Gasteiger partial charge in [-0.15, -0.1) is 0 Å². The van der Waals surface area contributed by atoms with Crippen molar-refractivity contribution in [2.24, 2.45) is 7.05 Å². The van der Waals surface area contributed by atoms with E-state index in [1.54, 1.807) is 30.1 Å². The summed E-state index contributed by atoms with van der Waals surface area (Å²) in [4.78, 5) is 15.8. The van der Waals surface area contributed by atoms with E-state index >= 15 is 0 Å². The predicted octanol–water partition coefficient (Wildman–Crippen LogP) is 2.26. The van der Waals surface area contributed by atoms with Gasteiger partial charge < -0.3 is 9.88 Å². The molecule has 0 aliphatic rings. The number of pyridine rings is 1. The third-order valence-electron chi connectivity index (χ3n) is 2.73. The Hall–Kier alpha value is -2.05. The fourth-order valence-electron chi connectivity index (χ4n) is 1.83. The molecule has 2 rings (SSSR count). The van der Waals surface area contributed by atoms with Gasteiger partial charge in [0, 0.05) is 37.6 Å². The van der Waals surface area contributed by atoms with Crippen molar-refractivity contribution in [2.45, 2.75) is 12.6 Å². The number of rotatable bonds is 3. The molecule has 19 heavy (non-hydrogen) atoms. The fraction of sp³-hybridized carbons (Fsp3) is 0.333. The molecule has 0 aromatic carbocycles. The van der Waals surface area contributed by atoms with E-state index in [2.05, 4.69) is 10.3 Å². The molecule has 0 aliphatic heterocycles. The monoisotopic (exact) mass is 271 g/mol. The van der Waals surface area contributed by atoms with Crippen molar-refractivity contribution in [3.05, 3.63) is 30.2 Å². The second kappa shape index (κ2) is 4.91. The highest BCUT2D eigenvalue weighted by Gasteiger charge is 2.26. The Bertz CT molecular complexity index is 604. The van der Waals surface area contributed by atoms with Gasteiger partial charge in [-0.3, -0.25) is 9.78 Å². The van der Waals surface area contributed by atoms with Gasteiger partial charge in [-0.25, -0.2) is 0 Å². The average Bonchev–Trinajstić information content (AvgIpc) is 2.66. The molecule has 2 aromatic heterocycles. The minimum atomic E-state index is -4.27. The van der Waals surface area contributed by atoms with Crippen LogP contribution in [0.5, 0.6) is 0 Å². The minimum Gasteiger partial charge on any atom is -0.352 e. The molecule has 0 unspecified atom stereocenters. The Balaban J connectivity index is 2.14. The first-order chi connectivity index (χ1) is 8.88. The van der Waals surface area contributed by atoms with Gasteiger partial charge in [0.1, 0.15) is 0 Å². The van der Waals surface area contributed by atoms with Crippen LogP contribution in [0.4, 0.5) is 13.2 Å². The van der Waals surface area contributed by atoms with Gasteiger partial charge in [0.15, 0.2) is 0 Å². The van der Waals surface area contributed by atoms with Crippen LogP contribution in [-0.4, -0.2) is 28.2 Å². The summed E-state index contributed by atoms with van der Waals surface area (Å²) in [5.41, 5.74) is 1.13. The van der Waals surface area contributed by atoms with Crippen LogP contribution in [0, 0.1) is 0 Å². The van der Waals surface area contributed by atoms with Gasteiger partial charge in [-0.1, -0.05) is 0 Å². The molecule has 0 spiro atoms. The number of hydrogen-bond donors (Lipinski definition) is 1. The molecule has 102 valence electrons. The lowest BCUT2D eigenvalue weighted by Gasteiger charge is -2.07. The molecule has 0 fully saturated rings. The van der Waals surface area contributed by atoms with Crippen molar-refractivity contribution < 1.29 is 18.0 Å². The van der Waals surface area contributed by atoms with E-state index < -0.39 is 25.0 Å². The normalized spacial score (nSPS) is 11.8. The van der Waals surface area contributed by atoms with Crippen molar-refractivity contribution in [3.63, 3.8) is 0 Å². The largest absolute Gasteiger partial charge is 0.390 e. The van der Waals surface area contributed by atoms with Crippen LogP contribution in [-0.2, 0) is 7.05 Å². The molecule has 0 saturated carbocycles. The number of halogens is 3. The molecule has 0 aliphatic carbocycles. The molecule has 2 aromatic rings. The van der Waals surface area contributed by atoms with Crippen molar-refractivity contribution in [2.75, 3.05) is 6.54 Å². The van der Waals surface area contributed by atoms with Crippen molar-refractivity contribution in [1.29, 1.82) is 0 Å². The number of carbonyl (C=O) groups is 1. The van der Waals surface area contributed by atoms with Crippen LogP contribution < -0.4 is 5.32 Å². The Morgan fingerprint density at radius 2 is 2.21 bits per heavy atom. The summed E-state index contributed by atoms with van der Waals surface area (Å²) >= 11 is 0. The topological polar surface area (TPSA) is 46.9 Å². The summed E-state index contributed by atoms with van der Waals surface area (Å²) in [6, 6.07) is 1.74. The van der Waals surface area contributed by atoms with Gasteiger partial charge in [0.25, 0.3) is 5.91 Å². The maximum Gasteiger partial charge on any atom is 0.390 e. The smallest absolute Gasteiger partial charge is 0.352 e. The maximum absolute atomic E-state index is 12.0. The standard InChI is InChI=1S/C12H12F3N3O/c1-18-7-9(8-6-16-4-2-10(8)18)11(19)17-5-3-12(13,14)15/h2,4,6-7H,3,5H2,1H3,(H,17,19). The predicted molar refractivity (Wildman–Crippen MR) is 63.7 cm³/mol. The quantitative estimate of drug-likeness (QED) is 0.930. The number of alkyl halides is 3. The van der Waals surface area contributed by atoms with E-state index in [1.807, 2.05) is 0 Å². The van der Waals surface area contributed by atoms with E-state index in [-0.39, 0.29) is 0 Å². The number of aromatic nitrogens is 2. The van der Waals surface area contributed by atoms with Crippen molar-refractivity contribution >= 4 is 16.8 Å². The zero-order chi connectivity index (χ0) is 14.0. The summed E-state index contributed by atoms with van der Waals surface area (Å²) in [6.07, 6.45) is -0.619. The van der Waals surface area contributed by atoms with E-state index in [0.717, 1.165) is 5.52 Å². The highest BCUT2D eigenvalue weighted by Crippen LogP contribution is 2.20. The molecule has 0 saturated heterocycles. The second-order valence-corrected chi connectivity index (χ2v) is 4.17. The second-order valence-electron chi connectivity index (χ2n) is 4.17. The van der Waals surface area contributed by atoms with E-state index in [1.165, 1.54) is 6.20 Å². The van der Waals surface area contributed by atoms with Gasteiger partial charge in [-0.05, 0) is 6.07 Å². The third kappa shape index (κ3) is 3.04. The zero-order valence-electron chi connectivity index (χ0n) is 10.2. The Kier molecular flexibility index (Phi) is 3.46. The van der Waals surface area contributed by atoms with E-state index in [4.69, 9.17) is 0 Å². The lowest BCUT2D eigenvalue weighted by Crippen LogP contribution is -2.27. The van der Waals surface area contributed by atoms with Gasteiger partial charge in [0.05, 0.1) is 17.5 Å². The molecule has 0 atom stereocenters. The highest BCUT2D eigenvalue weighted by atomic mass is 19.4. The molecule has 1 amide bonds. The van der Waals surface area contributed by atoms with Crippen molar-refractivity contribution in [3.8, 4) is 0 Å². The average molecular weight is 271 g/mol. The van der Waals surface area contributed by atoms with Crippen LogP contribution in [0.15, 0.2) is 24.7 Å². The summed E-state index contributed by atoms with van der Waals surface area (Å²) in [6.45, 7) is -0.432. The Labute approximate surface area is 107 Å². The molecular formula is C12H12F3N3O. The number of fused-ring (bicyclic) bond motifs is 1. The summed E-state index contributed by atoms with van der Waals surface area (Å²) in [5.74, 6) is -0.525. The highest BCUT2D eigenvalue weighted by molar-refractivity contribution is 6.06.